The minimum absolute atomic E-state index is 0.0269. The highest BCUT2D eigenvalue weighted by molar-refractivity contribution is 5.86. The lowest BCUT2D eigenvalue weighted by molar-refractivity contribution is -0.137. The third-order valence-electron chi connectivity index (χ3n) is 5.15. The van der Waals surface area contributed by atoms with E-state index >= 15 is 0 Å². The Morgan fingerprint density at radius 3 is 2.68 bits per heavy atom. The van der Waals surface area contributed by atoms with Gasteiger partial charge >= 0.3 is 0 Å². The molecule has 4 rings (SSSR count). The van der Waals surface area contributed by atoms with Gasteiger partial charge in [-0.05, 0) is 18.2 Å². The molecule has 0 spiro atoms. The molecule has 7 heteroatoms. The van der Waals surface area contributed by atoms with Gasteiger partial charge in [0.1, 0.15) is 5.69 Å². The predicted octanol–water partition coefficient (Wildman–Crippen LogP) is 2.38. The molecule has 1 amide bonds. The third kappa shape index (κ3) is 3.56. The van der Waals surface area contributed by atoms with E-state index in [2.05, 4.69) is 31.0 Å². The van der Waals surface area contributed by atoms with Crippen molar-refractivity contribution in [2.75, 3.05) is 13.1 Å². The highest BCUT2D eigenvalue weighted by Gasteiger charge is 2.32. The van der Waals surface area contributed by atoms with Crippen molar-refractivity contribution < 1.29 is 9.32 Å². The van der Waals surface area contributed by atoms with E-state index in [4.69, 9.17) is 4.52 Å². The Balaban J connectivity index is 1.37. The summed E-state index contributed by atoms with van der Waals surface area (Å²) >= 11 is 0. The number of aromatic nitrogens is 3. The number of para-hydroxylation sites is 1. The molecule has 0 unspecified atom stereocenters. The first-order valence-corrected chi connectivity index (χ1v) is 9.51. The number of likely N-dealkylation sites (tertiary alicyclic amines) is 1. The second-order valence-corrected chi connectivity index (χ2v) is 8.46. The number of carbonyl (C=O) groups is 1. The van der Waals surface area contributed by atoms with Crippen LogP contribution in [0.1, 0.15) is 32.2 Å². The van der Waals surface area contributed by atoms with E-state index in [9.17, 15) is 9.59 Å². The second-order valence-electron chi connectivity index (χ2n) is 8.46. The van der Waals surface area contributed by atoms with E-state index < -0.39 is 0 Å². The molecule has 0 radical (unpaired) electrons. The minimum atomic E-state index is -0.114. The van der Waals surface area contributed by atoms with Crippen LogP contribution in [-0.2, 0) is 23.2 Å². The van der Waals surface area contributed by atoms with Crippen LogP contribution in [0.2, 0.25) is 0 Å². The van der Waals surface area contributed by atoms with Gasteiger partial charge in [-0.3, -0.25) is 9.59 Å². The molecule has 1 saturated heterocycles. The first kappa shape index (κ1) is 18.4. The standard InChI is InChI=1S/C21H24N4O3/c1-21(2,3)18-8-9-19(26)25(22-18)13-14-11-24(12-14)20(27)10-16-15-6-4-5-7-17(15)28-23-16/h4-9,14H,10-13H2,1-3H3. The van der Waals surface area contributed by atoms with Crippen molar-refractivity contribution in [2.24, 2.45) is 5.92 Å². The van der Waals surface area contributed by atoms with Gasteiger partial charge in [-0.25, -0.2) is 4.68 Å². The van der Waals surface area contributed by atoms with Crippen molar-refractivity contribution in [3.8, 4) is 0 Å². The number of amides is 1. The molecule has 1 aliphatic heterocycles. The fraction of sp³-hybridized carbons (Fsp3) is 0.429. The Labute approximate surface area is 162 Å². The number of hydrogen-bond acceptors (Lipinski definition) is 5. The van der Waals surface area contributed by atoms with Crippen LogP contribution in [0.25, 0.3) is 11.0 Å². The number of nitrogens with zero attached hydrogens (tertiary/aromatic N) is 4. The summed E-state index contributed by atoms with van der Waals surface area (Å²) in [6.07, 6.45) is 0.224. The van der Waals surface area contributed by atoms with Gasteiger partial charge in [-0.15, -0.1) is 0 Å². The summed E-state index contributed by atoms with van der Waals surface area (Å²) in [4.78, 5) is 26.5. The molecule has 0 N–H and O–H groups in total. The van der Waals surface area contributed by atoms with E-state index in [0.29, 0.717) is 30.9 Å². The summed E-state index contributed by atoms with van der Waals surface area (Å²) in [6, 6.07) is 10.9. The molecule has 1 aromatic carbocycles. The molecule has 0 aliphatic carbocycles. The minimum Gasteiger partial charge on any atom is -0.356 e. The molecule has 28 heavy (non-hydrogen) atoms. The molecule has 146 valence electrons. The van der Waals surface area contributed by atoms with Crippen molar-refractivity contribution >= 4 is 16.9 Å². The lowest BCUT2D eigenvalue weighted by Crippen LogP contribution is -2.52. The molecule has 7 nitrogen and oxygen atoms in total. The summed E-state index contributed by atoms with van der Waals surface area (Å²) in [5.74, 6) is 0.262. The molecule has 3 aromatic rings. The molecular weight excluding hydrogens is 356 g/mol. The van der Waals surface area contributed by atoms with Gasteiger partial charge < -0.3 is 9.42 Å². The predicted molar refractivity (Wildman–Crippen MR) is 105 cm³/mol. The molecule has 0 saturated carbocycles. The largest absolute Gasteiger partial charge is 0.356 e. The zero-order valence-electron chi connectivity index (χ0n) is 16.4. The smallest absolute Gasteiger partial charge is 0.266 e. The molecule has 1 fully saturated rings. The van der Waals surface area contributed by atoms with Gasteiger partial charge in [0.25, 0.3) is 5.56 Å². The van der Waals surface area contributed by atoms with Crippen LogP contribution in [0, 0.1) is 5.92 Å². The zero-order chi connectivity index (χ0) is 19.9. The van der Waals surface area contributed by atoms with Crippen molar-refractivity contribution in [2.45, 2.75) is 39.2 Å². The summed E-state index contributed by atoms with van der Waals surface area (Å²) in [5, 5.41) is 9.42. The van der Waals surface area contributed by atoms with Crippen molar-refractivity contribution in [1.82, 2.24) is 19.8 Å². The number of carbonyl (C=O) groups excluding carboxylic acids is 1. The van der Waals surface area contributed by atoms with Crippen molar-refractivity contribution in [3.05, 3.63) is 58.1 Å². The van der Waals surface area contributed by atoms with Gasteiger partial charge in [-0.1, -0.05) is 38.1 Å². The number of hydrogen-bond donors (Lipinski definition) is 0. The third-order valence-corrected chi connectivity index (χ3v) is 5.15. The topological polar surface area (TPSA) is 81.2 Å². The zero-order valence-corrected chi connectivity index (χ0v) is 16.4. The van der Waals surface area contributed by atoms with Crippen LogP contribution in [0.4, 0.5) is 0 Å². The Morgan fingerprint density at radius 2 is 1.93 bits per heavy atom. The molecule has 0 atom stereocenters. The summed E-state index contributed by atoms with van der Waals surface area (Å²) in [5.41, 5.74) is 2.03. The Morgan fingerprint density at radius 1 is 1.18 bits per heavy atom. The van der Waals surface area contributed by atoms with E-state index in [1.54, 1.807) is 17.0 Å². The van der Waals surface area contributed by atoms with Crippen LogP contribution in [0.15, 0.2) is 45.7 Å². The Bertz CT molecular complexity index is 1070. The lowest BCUT2D eigenvalue weighted by Gasteiger charge is -2.39. The van der Waals surface area contributed by atoms with Gasteiger partial charge in [0.05, 0.1) is 18.7 Å². The monoisotopic (exact) mass is 380 g/mol. The SMILES string of the molecule is CC(C)(C)c1ccc(=O)n(CC2CN(C(=O)Cc3noc4ccccc34)C2)n1. The summed E-state index contributed by atoms with van der Waals surface area (Å²) in [6.45, 7) is 7.99. The average Bonchev–Trinajstić information content (AvgIpc) is 3.01. The quantitative estimate of drug-likeness (QED) is 0.694. The van der Waals surface area contributed by atoms with E-state index in [-0.39, 0.29) is 29.2 Å². The number of benzene rings is 1. The van der Waals surface area contributed by atoms with Crippen LogP contribution in [0.3, 0.4) is 0 Å². The maximum atomic E-state index is 12.5. The highest BCUT2D eigenvalue weighted by Crippen LogP contribution is 2.23. The lowest BCUT2D eigenvalue weighted by atomic mass is 9.92. The molecule has 2 aromatic heterocycles. The maximum Gasteiger partial charge on any atom is 0.266 e. The van der Waals surface area contributed by atoms with E-state index in [1.165, 1.54) is 4.68 Å². The van der Waals surface area contributed by atoms with Gasteiger partial charge in [0, 0.05) is 35.9 Å². The first-order chi connectivity index (χ1) is 13.3. The normalized spacial score (nSPS) is 15.0. The van der Waals surface area contributed by atoms with Crippen LogP contribution < -0.4 is 5.56 Å². The second kappa shape index (κ2) is 6.89. The fourth-order valence-electron chi connectivity index (χ4n) is 3.43. The molecule has 3 heterocycles. The first-order valence-electron chi connectivity index (χ1n) is 9.51. The van der Waals surface area contributed by atoms with Gasteiger partial charge in [0.2, 0.25) is 5.91 Å². The summed E-state index contributed by atoms with van der Waals surface area (Å²) in [7, 11) is 0. The van der Waals surface area contributed by atoms with E-state index in [1.807, 2.05) is 24.3 Å². The Hall–Kier alpha value is -2.96. The molecule has 0 bridgehead atoms. The number of rotatable bonds is 4. The highest BCUT2D eigenvalue weighted by atomic mass is 16.5. The Kier molecular flexibility index (Phi) is 4.53. The molecular formula is C21H24N4O3. The van der Waals surface area contributed by atoms with Crippen molar-refractivity contribution in [1.29, 1.82) is 0 Å². The summed E-state index contributed by atoms with van der Waals surface area (Å²) < 4.78 is 6.79. The fourth-order valence-corrected chi connectivity index (χ4v) is 3.43. The van der Waals surface area contributed by atoms with E-state index in [0.717, 1.165) is 11.1 Å². The maximum absolute atomic E-state index is 12.5. The van der Waals surface area contributed by atoms with Crippen LogP contribution in [-0.4, -0.2) is 38.8 Å². The van der Waals surface area contributed by atoms with Gasteiger partial charge in [-0.2, -0.15) is 5.10 Å². The van der Waals surface area contributed by atoms with Gasteiger partial charge in [0.15, 0.2) is 5.58 Å². The van der Waals surface area contributed by atoms with Crippen LogP contribution in [0.5, 0.6) is 0 Å². The molecule has 1 aliphatic rings. The number of fused-ring (bicyclic) bond motifs is 1. The van der Waals surface area contributed by atoms with Crippen molar-refractivity contribution in [3.63, 3.8) is 0 Å². The van der Waals surface area contributed by atoms with Crippen LogP contribution >= 0.6 is 0 Å². The average molecular weight is 380 g/mol.